The lowest BCUT2D eigenvalue weighted by Gasteiger charge is -2.25. The predicted octanol–water partition coefficient (Wildman–Crippen LogP) is 2.61. The van der Waals surface area contributed by atoms with Crippen molar-refractivity contribution in [3.63, 3.8) is 0 Å². The molecule has 0 spiro atoms. The highest BCUT2D eigenvalue weighted by molar-refractivity contribution is 5.69. The molecular formula is C14H20F2N2O3. The standard InChI is InChI=1S/C14H20F2N2O3/c1-2-11-10(8-21-18-11)7-17-12-4-3-9(13(19)20)5-6-14(12,15)16/h8-9,12,17H,2-7H2,1H3,(H,19,20)/t9-,12-/m1/s1. The van der Waals surface area contributed by atoms with Crippen LogP contribution >= 0.6 is 0 Å². The van der Waals surface area contributed by atoms with Gasteiger partial charge in [0.25, 0.3) is 5.92 Å². The smallest absolute Gasteiger partial charge is 0.306 e. The molecule has 1 fully saturated rings. The van der Waals surface area contributed by atoms with Gasteiger partial charge in [0, 0.05) is 18.5 Å². The number of halogens is 2. The van der Waals surface area contributed by atoms with E-state index in [0.29, 0.717) is 6.42 Å². The summed E-state index contributed by atoms with van der Waals surface area (Å²) in [5, 5.41) is 15.6. The largest absolute Gasteiger partial charge is 0.481 e. The molecule has 0 amide bonds. The quantitative estimate of drug-likeness (QED) is 0.818. The number of hydrogen-bond acceptors (Lipinski definition) is 4. The van der Waals surface area contributed by atoms with Crippen LogP contribution in [-0.4, -0.2) is 28.2 Å². The number of aliphatic carboxylic acids is 1. The van der Waals surface area contributed by atoms with Crippen molar-refractivity contribution in [1.29, 1.82) is 0 Å². The molecule has 0 radical (unpaired) electrons. The molecule has 2 rings (SSSR count). The minimum atomic E-state index is -2.90. The summed E-state index contributed by atoms with van der Waals surface area (Å²) in [5.74, 6) is -4.56. The fraction of sp³-hybridized carbons (Fsp3) is 0.714. The van der Waals surface area contributed by atoms with Gasteiger partial charge in [0.15, 0.2) is 0 Å². The van der Waals surface area contributed by atoms with Crippen LogP contribution in [0.25, 0.3) is 0 Å². The van der Waals surface area contributed by atoms with Crippen LogP contribution < -0.4 is 5.32 Å². The summed E-state index contributed by atoms with van der Waals surface area (Å²) < 4.78 is 33.0. The minimum absolute atomic E-state index is 0.0218. The SMILES string of the molecule is CCc1nocc1CN[C@@H]1CC[C@@H](C(=O)O)CCC1(F)F. The normalized spacial score (nSPS) is 25.5. The van der Waals surface area contributed by atoms with Crippen molar-refractivity contribution in [3.05, 3.63) is 17.5 Å². The van der Waals surface area contributed by atoms with Crippen LogP contribution in [-0.2, 0) is 17.8 Å². The van der Waals surface area contributed by atoms with Crippen LogP contribution in [0.2, 0.25) is 0 Å². The molecule has 1 aliphatic carbocycles. The molecule has 0 bridgehead atoms. The zero-order chi connectivity index (χ0) is 15.5. The molecule has 118 valence electrons. The molecule has 2 atom stereocenters. The second-order valence-electron chi connectivity index (χ2n) is 5.49. The number of carboxylic acid groups (broad SMARTS) is 1. The molecule has 2 N–H and O–H groups in total. The molecule has 0 aromatic carbocycles. The third-order valence-electron chi connectivity index (χ3n) is 4.09. The summed E-state index contributed by atoms with van der Waals surface area (Å²) in [6.07, 6.45) is 2.18. The summed E-state index contributed by atoms with van der Waals surface area (Å²) in [4.78, 5) is 11.0. The number of nitrogens with zero attached hydrogens (tertiary/aromatic N) is 1. The first-order valence-corrected chi connectivity index (χ1v) is 7.20. The van der Waals surface area contributed by atoms with Crippen LogP contribution in [0.1, 0.15) is 43.9 Å². The summed E-state index contributed by atoms with van der Waals surface area (Å²) >= 11 is 0. The van der Waals surface area contributed by atoms with Crippen LogP contribution in [0.3, 0.4) is 0 Å². The van der Waals surface area contributed by atoms with E-state index >= 15 is 0 Å². The van der Waals surface area contributed by atoms with Gasteiger partial charge < -0.3 is 14.9 Å². The average molecular weight is 302 g/mol. The highest BCUT2D eigenvalue weighted by Gasteiger charge is 2.42. The Bertz CT molecular complexity index is 490. The molecule has 1 aromatic rings. The number of aryl methyl sites for hydroxylation is 1. The molecule has 7 heteroatoms. The fourth-order valence-electron chi connectivity index (χ4n) is 2.71. The van der Waals surface area contributed by atoms with Gasteiger partial charge in [0.2, 0.25) is 0 Å². The van der Waals surface area contributed by atoms with Gasteiger partial charge in [0.05, 0.1) is 17.7 Å². The maximum Gasteiger partial charge on any atom is 0.306 e. The van der Waals surface area contributed by atoms with Gasteiger partial charge in [-0.3, -0.25) is 4.79 Å². The zero-order valence-corrected chi connectivity index (χ0v) is 11.9. The number of hydrogen-bond donors (Lipinski definition) is 2. The Morgan fingerprint density at radius 1 is 1.52 bits per heavy atom. The molecule has 1 aromatic heterocycles. The summed E-state index contributed by atoms with van der Waals surface area (Å²) in [6.45, 7) is 2.17. The number of alkyl halides is 2. The second kappa shape index (κ2) is 6.51. The van der Waals surface area contributed by atoms with Gasteiger partial charge in [-0.1, -0.05) is 12.1 Å². The third-order valence-corrected chi connectivity index (χ3v) is 4.09. The summed E-state index contributed by atoms with van der Waals surface area (Å²) in [6, 6.07) is -1.01. The first-order valence-electron chi connectivity index (χ1n) is 7.20. The van der Waals surface area contributed by atoms with Crippen molar-refractivity contribution in [2.75, 3.05) is 0 Å². The highest BCUT2D eigenvalue weighted by atomic mass is 19.3. The lowest BCUT2D eigenvalue weighted by molar-refractivity contribution is -0.142. The topological polar surface area (TPSA) is 75.4 Å². The van der Waals surface area contributed by atoms with Crippen LogP contribution in [0.5, 0.6) is 0 Å². The van der Waals surface area contributed by atoms with Crippen molar-refractivity contribution in [2.24, 2.45) is 5.92 Å². The Hall–Kier alpha value is -1.50. The van der Waals surface area contributed by atoms with Crippen molar-refractivity contribution < 1.29 is 23.2 Å². The van der Waals surface area contributed by atoms with E-state index in [1.165, 1.54) is 6.26 Å². The van der Waals surface area contributed by atoms with Crippen LogP contribution in [0.15, 0.2) is 10.8 Å². The van der Waals surface area contributed by atoms with Crippen molar-refractivity contribution >= 4 is 5.97 Å². The van der Waals surface area contributed by atoms with Crippen molar-refractivity contribution in [2.45, 2.75) is 57.5 Å². The minimum Gasteiger partial charge on any atom is -0.481 e. The number of aromatic nitrogens is 1. The summed E-state index contributed by atoms with van der Waals surface area (Å²) in [7, 11) is 0. The van der Waals surface area contributed by atoms with Crippen molar-refractivity contribution in [3.8, 4) is 0 Å². The molecule has 1 heterocycles. The van der Waals surface area contributed by atoms with Crippen LogP contribution in [0, 0.1) is 5.92 Å². The molecular weight excluding hydrogens is 282 g/mol. The van der Waals surface area contributed by atoms with E-state index in [1.54, 1.807) is 0 Å². The summed E-state index contributed by atoms with van der Waals surface area (Å²) in [5.41, 5.74) is 1.52. The van der Waals surface area contributed by atoms with Gasteiger partial charge in [-0.15, -0.1) is 0 Å². The zero-order valence-electron chi connectivity index (χ0n) is 11.9. The fourth-order valence-corrected chi connectivity index (χ4v) is 2.71. The molecule has 1 saturated carbocycles. The van der Waals surface area contributed by atoms with E-state index < -0.39 is 30.3 Å². The van der Waals surface area contributed by atoms with Gasteiger partial charge in [0.1, 0.15) is 6.26 Å². The second-order valence-corrected chi connectivity index (χ2v) is 5.49. The highest BCUT2D eigenvalue weighted by Crippen LogP contribution is 2.35. The van der Waals surface area contributed by atoms with Crippen molar-refractivity contribution in [1.82, 2.24) is 10.5 Å². The van der Waals surface area contributed by atoms with Gasteiger partial charge in [-0.25, -0.2) is 8.78 Å². The first-order chi connectivity index (χ1) is 9.94. The molecule has 21 heavy (non-hydrogen) atoms. The van der Waals surface area contributed by atoms with Gasteiger partial charge in [-0.2, -0.15) is 0 Å². The van der Waals surface area contributed by atoms with E-state index in [2.05, 4.69) is 10.5 Å². The van der Waals surface area contributed by atoms with E-state index in [9.17, 15) is 13.6 Å². The Morgan fingerprint density at radius 2 is 2.29 bits per heavy atom. The predicted molar refractivity (Wildman–Crippen MR) is 71.0 cm³/mol. The number of carbonyl (C=O) groups is 1. The maximum absolute atomic E-state index is 14.1. The number of carboxylic acids is 1. The Morgan fingerprint density at radius 3 is 2.95 bits per heavy atom. The Kier molecular flexibility index (Phi) is 4.92. The lowest BCUT2D eigenvalue weighted by atomic mass is 10.0. The number of nitrogens with one attached hydrogen (secondary N) is 1. The molecule has 0 unspecified atom stereocenters. The lowest BCUT2D eigenvalue weighted by Crippen LogP contribution is -2.43. The van der Waals surface area contributed by atoms with E-state index in [1.807, 2.05) is 6.92 Å². The average Bonchev–Trinajstić information content (AvgIpc) is 2.82. The van der Waals surface area contributed by atoms with Gasteiger partial charge in [-0.05, 0) is 25.7 Å². The van der Waals surface area contributed by atoms with Crippen LogP contribution in [0.4, 0.5) is 8.78 Å². The molecule has 0 aliphatic heterocycles. The molecule has 1 aliphatic rings. The Balaban J connectivity index is 1.99. The van der Waals surface area contributed by atoms with E-state index in [0.717, 1.165) is 11.3 Å². The Labute approximate surface area is 121 Å². The first kappa shape index (κ1) is 15.9. The third kappa shape index (κ3) is 3.78. The molecule has 0 saturated heterocycles. The monoisotopic (exact) mass is 302 g/mol. The number of rotatable bonds is 5. The maximum atomic E-state index is 14.1. The van der Waals surface area contributed by atoms with Gasteiger partial charge >= 0.3 is 5.97 Å². The van der Waals surface area contributed by atoms with E-state index in [4.69, 9.17) is 9.63 Å². The molecule has 5 nitrogen and oxygen atoms in total. The van der Waals surface area contributed by atoms with E-state index in [-0.39, 0.29) is 25.8 Å².